The highest BCUT2D eigenvalue weighted by Gasteiger charge is 2.19. The van der Waals surface area contributed by atoms with Crippen molar-refractivity contribution in [1.82, 2.24) is 4.90 Å². The predicted octanol–water partition coefficient (Wildman–Crippen LogP) is 5.55. The fourth-order valence-electron chi connectivity index (χ4n) is 3.03. The molecule has 0 fully saturated rings. The number of rotatable bonds is 5. The van der Waals surface area contributed by atoms with E-state index in [-0.39, 0.29) is 18.6 Å². The molecule has 0 unspecified atom stereocenters. The number of carbonyl (C=O) groups is 1. The largest absolute Gasteiger partial charge is 0.454 e. The lowest BCUT2D eigenvalue weighted by molar-refractivity contribution is 0.174. The zero-order valence-electron chi connectivity index (χ0n) is 15.4. The molecular formula is C22H18BrFN2O3. The maximum absolute atomic E-state index is 13.3. The van der Waals surface area contributed by atoms with Crippen LogP contribution in [0.1, 0.15) is 11.1 Å². The van der Waals surface area contributed by atoms with E-state index in [9.17, 15) is 9.18 Å². The summed E-state index contributed by atoms with van der Waals surface area (Å²) in [7, 11) is 0. The number of anilines is 1. The Hall–Kier alpha value is -3.06. The molecular weight excluding hydrogens is 439 g/mol. The van der Waals surface area contributed by atoms with Crippen LogP contribution in [0.25, 0.3) is 0 Å². The summed E-state index contributed by atoms with van der Waals surface area (Å²) in [6.45, 7) is 0.871. The second-order valence-corrected chi connectivity index (χ2v) is 7.43. The summed E-state index contributed by atoms with van der Waals surface area (Å²) >= 11 is 3.44. The van der Waals surface area contributed by atoms with Gasteiger partial charge in [0.2, 0.25) is 6.79 Å². The van der Waals surface area contributed by atoms with E-state index in [1.54, 1.807) is 17.0 Å². The number of para-hydroxylation sites is 1. The molecule has 4 rings (SSSR count). The molecule has 3 aromatic rings. The lowest BCUT2D eigenvalue weighted by Crippen LogP contribution is -2.34. The number of ether oxygens (including phenoxy) is 2. The Morgan fingerprint density at radius 3 is 2.45 bits per heavy atom. The number of nitrogens with zero attached hydrogens (tertiary/aromatic N) is 1. The van der Waals surface area contributed by atoms with Gasteiger partial charge < -0.3 is 19.7 Å². The zero-order chi connectivity index (χ0) is 20.2. The highest BCUT2D eigenvalue weighted by molar-refractivity contribution is 9.10. The lowest BCUT2D eigenvalue weighted by Gasteiger charge is -2.24. The van der Waals surface area contributed by atoms with Gasteiger partial charge >= 0.3 is 6.03 Å². The topological polar surface area (TPSA) is 50.8 Å². The molecule has 2 amide bonds. The Morgan fingerprint density at radius 2 is 1.66 bits per heavy atom. The third-order valence-electron chi connectivity index (χ3n) is 4.50. The van der Waals surface area contributed by atoms with Gasteiger partial charge in [0.15, 0.2) is 11.5 Å². The number of fused-ring (bicyclic) bond motifs is 1. The molecule has 1 aliphatic heterocycles. The second-order valence-electron chi connectivity index (χ2n) is 6.58. The van der Waals surface area contributed by atoms with Crippen molar-refractivity contribution in [3.05, 3.63) is 88.1 Å². The third-order valence-corrected chi connectivity index (χ3v) is 5.19. The van der Waals surface area contributed by atoms with Crippen molar-refractivity contribution in [3.8, 4) is 11.5 Å². The molecule has 1 aliphatic rings. The van der Waals surface area contributed by atoms with Crippen LogP contribution in [0.5, 0.6) is 11.5 Å². The minimum atomic E-state index is -0.311. The molecule has 3 aromatic carbocycles. The molecule has 0 saturated carbocycles. The Morgan fingerprint density at radius 1 is 0.966 bits per heavy atom. The van der Waals surface area contributed by atoms with E-state index < -0.39 is 0 Å². The highest BCUT2D eigenvalue weighted by atomic mass is 79.9. The van der Waals surface area contributed by atoms with Gasteiger partial charge in [0, 0.05) is 17.6 Å². The molecule has 1 heterocycles. The smallest absolute Gasteiger partial charge is 0.322 e. The van der Waals surface area contributed by atoms with Crippen LogP contribution >= 0.6 is 15.9 Å². The van der Waals surface area contributed by atoms with Gasteiger partial charge in [-0.3, -0.25) is 0 Å². The van der Waals surface area contributed by atoms with Crippen molar-refractivity contribution < 1.29 is 18.7 Å². The molecule has 0 radical (unpaired) electrons. The summed E-state index contributed by atoms with van der Waals surface area (Å²) in [5.74, 6) is 1.04. The van der Waals surface area contributed by atoms with E-state index >= 15 is 0 Å². The lowest BCUT2D eigenvalue weighted by atomic mass is 10.1. The van der Waals surface area contributed by atoms with Crippen LogP contribution < -0.4 is 14.8 Å². The monoisotopic (exact) mass is 456 g/mol. The molecule has 148 valence electrons. The standard InChI is InChI=1S/C22H18BrFN2O3/c23-18-3-1-2-4-19(18)25-22(27)26(12-15-5-8-17(24)9-6-15)13-16-7-10-20-21(11-16)29-14-28-20/h1-11H,12-14H2,(H,25,27). The van der Waals surface area contributed by atoms with Gasteiger partial charge in [-0.2, -0.15) is 0 Å². The van der Waals surface area contributed by atoms with E-state index in [4.69, 9.17) is 9.47 Å². The number of urea groups is 1. The number of nitrogens with one attached hydrogen (secondary N) is 1. The summed E-state index contributed by atoms with van der Waals surface area (Å²) in [4.78, 5) is 14.7. The molecule has 29 heavy (non-hydrogen) atoms. The number of benzene rings is 3. The number of hydrogen-bond acceptors (Lipinski definition) is 3. The fraction of sp³-hybridized carbons (Fsp3) is 0.136. The van der Waals surface area contributed by atoms with Crippen LogP contribution in [-0.4, -0.2) is 17.7 Å². The quantitative estimate of drug-likeness (QED) is 0.547. The Kier molecular flexibility index (Phi) is 5.67. The summed E-state index contributed by atoms with van der Waals surface area (Å²) in [5.41, 5.74) is 2.40. The fourth-order valence-corrected chi connectivity index (χ4v) is 3.41. The highest BCUT2D eigenvalue weighted by Crippen LogP contribution is 2.33. The maximum atomic E-state index is 13.3. The van der Waals surface area contributed by atoms with Crippen molar-refractivity contribution in [3.63, 3.8) is 0 Å². The van der Waals surface area contributed by atoms with Crippen molar-refractivity contribution in [2.75, 3.05) is 12.1 Å². The van der Waals surface area contributed by atoms with Gasteiger partial charge in [0.1, 0.15) is 5.82 Å². The van der Waals surface area contributed by atoms with Gasteiger partial charge in [-0.05, 0) is 63.5 Å². The van der Waals surface area contributed by atoms with E-state index in [1.807, 2.05) is 42.5 Å². The maximum Gasteiger partial charge on any atom is 0.322 e. The minimum absolute atomic E-state index is 0.195. The molecule has 7 heteroatoms. The molecule has 0 saturated heterocycles. The molecule has 5 nitrogen and oxygen atoms in total. The van der Waals surface area contributed by atoms with Gasteiger partial charge in [0.05, 0.1) is 5.69 Å². The van der Waals surface area contributed by atoms with E-state index in [2.05, 4.69) is 21.2 Å². The van der Waals surface area contributed by atoms with Gasteiger partial charge in [-0.15, -0.1) is 0 Å². The molecule has 0 bridgehead atoms. The van der Waals surface area contributed by atoms with Crippen LogP contribution in [0, 0.1) is 5.82 Å². The van der Waals surface area contributed by atoms with Crippen molar-refractivity contribution in [1.29, 1.82) is 0 Å². The second kappa shape index (κ2) is 8.53. The summed E-state index contributed by atoms with van der Waals surface area (Å²) in [6.07, 6.45) is 0. The Labute approximate surface area is 176 Å². The average molecular weight is 457 g/mol. The van der Waals surface area contributed by atoms with E-state index in [0.29, 0.717) is 30.3 Å². The van der Waals surface area contributed by atoms with Gasteiger partial charge in [-0.25, -0.2) is 9.18 Å². The first kappa shape index (κ1) is 19.3. The number of amides is 2. The molecule has 1 N–H and O–H groups in total. The minimum Gasteiger partial charge on any atom is -0.454 e. The van der Waals surface area contributed by atoms with E-state index in [0.717, 1.165) is 15.6 Å². The normalized spacial score (nSPS) is 11.9. The molecule has 0 aromatic heterocycles. The number of halogens is 2. The number of hydrogen-bond donors (Lipinski definition) is 1. The van der Waals surface area contributed by atoms with Crippen molar-refractivity contribution in [2.24, 2.45) is 0 Å². The van der Waals surface area contributed by atoms with Gasteiger partial charge in [0.25, 0.3) is 0 Å². The molecule has 0 aliphatic carbocycles. The SMILES string of the molecule is O=C(Nc1ccccc1Br)N(Cc1ccc(F)cc1)Cc1ccc2c(c1)OCO2. The third kappa shape index (κ3) is 4.68. The summed E-state index contributed by atoms with van der Waals surface area (Å²) < 4.78 is 24.8. The summed E-state index contributed by atoms with van der Waals surface area (Å²) in [5, 5.41) is 2.92. The van der Waals surface area contributed by atoms with Crippen LogP contribution in [0.3, 0.4) is 0 Å². The first-order valence-electron chi connectivity index (χ1n) is 9.02. The average Bonchev–Trinajstić information content (AvgIpc) is 3.19. The Bertz CT molecular complexity index is 1030. The first-order valence-corrected chi connectivity index (χ1v) is 9.81. The van der Waals surface area contributed by atoms with Crippen LogP contribution in [0.15, 0.2) is 71.2 Å². The molecule has 0 spiro atoms. The van der Waals surface area contributed by atoms with Gasteiger partial charge in [-0.1, -0.05) is 30.3 Å². The van der Waals surface area contributed by atoms with E-state index in [1.165, 1.54) is 12.1 Å². The van der Waals surface area contributed by atoms with Crippen molar-refractivity contribution in [2.45, 2.75) is 13.1 Å². The predicted molar refractivity (Wildman–Crippen MR) is 111 cm³/mol. The first-order chi connectivity index (χ1) is 14.1. The zero-order valence-corrected chi connectivity index (χ0v) is 17.0. The van der Waals surface area contributed by atoms with Crippen LogP contribution in [0.2, 0.25) is 0 Å². The molecule has 0 atom stereocenters. The van der Waals surface area contributed by atoms with Crippen LogP contribution in [-0.2, 0) is 13.1 Å². The van der Waals surface area contributed by atoms with Crippen molar-refractivity contribution >= 4 is 27.6 Å². The summed E-state index contributed by atoms with van der Waals surface area (Å²) in [6, 6.07) is 18.9. The van der Waals surface area contributed by atoms with Crippen LogP contribution in [0.4, 0.5) is 14.9 Å². The number of carbonyl (C=O) groups excluding carboxylic acids is 1. The Balaban J connectivity index is 1.56.